The van der Waals surface area contributed by atoms with E-state index in [2.05, 4.69) is 15.7 Å². The Morgan fingerprint density at radius 3 is 2.26 bits per heavy atom. The Bertz CT molecular complexity index is 1410. The zero-order chi connectivity index (χ0) is 24.1. The van der Waals surface area contributed by atoms with Gasteiger partial charge in [-0.05, 0) is 36.4 Å². The Kier molecular flexibility index (Phi) is 6.79. The van der Waals surface area contributed by atoms with Crippen molar-refractivity contribution < 1.29 is 14.0 Å². The van der Waals surface area contributed by atoms with Crippen molar-refractivity contribution in [2.24, 2.45) is 0 Å². The number of nitrogens with one attached hydrogen (secondary N) is 2. The lowest BCUT2D eigenvalue weighted by Crippen LogP contribution is -2.32. The fourth-order valence-corrected chi connectivity index (χ4v) is 3.36. The molecule has 2 N–H and O–H groups in total. The molecule has 7 nitrogen and oxygen atoms in total. The lowest BCUT2D eigenvalue weighted by atomic mass is 10.1. The molecule has 0 spiro atoms. The van der Waals surface area contributed by atoms with E-state index in [1.807, 2.05) is 6.07 Å². The number of nitrogens with zero attached hydrogens (tertiary/aromatic N) is 2. The van der Waals surface area contributed by atoms with E-state index in [0.717, 1.165) is 10.7 Å². The maximum atomic E-state index is 13.4. The zero-order valence-corrected chi connectivity index (χ0v) is 18.4. The quantitative estimate of drug-likeness (QED) is 0.425. The Balaban J connectivity index is 1.65. The Morgan fingerprint density at radius 2 is 1.59 bits per heavy atom. The van der Waals surface area contributed by atoms with Crippen molar-refractivity contribution in [1.82, 2.24) is 9.78 Å². The van der Waals surface area contributed by atoms with Crippen LogP contribution in [0.25, 0.3) is 11.3 Å². The van der Waals surface area contributed by atoms with Crippen LogP contribution < -0.4 is 16.2 Å². The fraction of sp³-hybridized carbons (Fsp3) is 0.0400. The second-order valence-corrected chi connectivity index (χ2v) is 7.68. The predicted octanol–water partition coefficient (Wildman–Crippen LogP) is 4.59. The van der Waals surface area contributed by atoms with E-state index >= 15 is 0 Å². The number of benzene rings is 3. The Hall–Kier alpha value is -4.30. The lowest BCUT2D eigenvalue weighted by molar-refractivity contribution is -0.117. The van der Waals surface area contributed by atoms with E-state index in [1.54, 1.807) is 54.6 Å². The Labute approximate surface area is 198 Å². The number of halogens is 2. The summed E-state index contributed by atoms with van der Waals surface area (Å²) in [5.74, 6) is -1.67. The van der Waals surface area contributed by atoms with Crippen molar-refractivity contribution in [3.63, 3.8) is 0 Å². The van der Waals surface area contributed by atoms with Gasteiger partial charge in [0.05, 0.1) is 10.7 Å². The summed E-state index contributed by atoms with van der Waals surface area (Å²) in [5, 5.41) is 9.32. The van der Waals surface area contributed by atoms with Crippen LogP contribution in [0.15, 0.2) is 89.7 Å². The van der Waals surface area contributed by atoms with Crippen molar-refractivity contribution in [3.8, 4) is 11.3 Å². The third-order valence-corrected chi connectivity index (χ3v) is 5.11. The van der Waals surface area contributed by atoms with Crippen LogP contribution in [0, 0.1) is 5.82 Å². The van der Waals surface area contributed by atoms with Gasteiger partial charge in [0.1, 0.15) is 18.0 Å². The minimum Gasteiger partial charge on any atom is -0.324 e. The molecule has 3 aromatic carbocycles. The SMILES string of the molecule is O=C(Cn1nc(-c2ccccc2)cc(NC(=O)c2ccccc2)c1=O)Nc1ccc(F)c(Cl)c1. The molecule has 0 unspecified atom stereocenters. The van der Waals surface area contributed by atoms with Crippen LogP contribution in [-0.4, -0.2) is 21.6 Å². The van der Waals surface area contributed by atoms with Crippen molar-refractivity contribution in [3.05, 3.63) is 112 Å². The maximum absolute atomic E-state index is 13.4. The van der Waals surface area contributed by atoms with Crippen molar-refractivity contribution >= 4 is 34.8 Å². The van der Waals surface area contributed by atoms with Crippen LogP contribution in [0.4, 0.5) is 15.8 Å². The topological polar surface area (TPSA) is 93.1 Å². The summed E-state index contributed by atoms with van der Waals surface area (Å²) in [6.45, 7) is -0.442. The molecule has 34 heavy (non-hydrogen) atoms. The fourth-order valence-electron chi connectivity index (χ4n) is 3.18. The van der Waals surface area contributed by atoms with Gasteiger partial charge < -0.3 is 10.6 Å². The molecular weight excluding hydrogens is 459 g/mol. The van der Waals surface area contributed by atoms with Gasteiger partial charge in [-0.2, -0.15) is 5.10 Å². The van der Waals surface area contributed by atoms with Crippen molar-refractivity contribution in [2.45, 2.75) is 6.54 Å². The van der Waals surface area contributed by atoms with E-state index in [1.165, 1.54) is 18.2 Å². The molecule has 0 radical (unpaired) electrons. The molecule has 0 bridgehead atoms. The van der Waals surface area contributed by atoms with Crippen LogP contribution in [0.2, 0.25) is 5.02 Å². The monoisotopic (exact) mass is 476 g/mol. The van der Waals surface area contributed by atoms with Crippen LogP contribution in [0.3, 0.4) is 0 Å². The first kappa shape index (κ1) is 22.9. The molecule has 0 atom stereocenters. The molecular formula is C25H18ClFN4O3. The summed E-state index contributed by atoms with van der Waals surface area (Å²) in [6, 6.07) is 22.7. The van der Waals surface area contributed by atoms with Gasteiger partial charge in [-0.25, -0.2) is 9.07 Å². The van der Waals surface area contributed by atoms with Crippen LogP contribution in [0.5, 0.6) is 0 Å². The van der Waals surface area contributed by atoms with Gasteiger partial charge in [-0.3, -0.25) is 14.4 Å². The molecule has 4 aromatic rings. The van der Waals surface area contributed by atoms with Gasteiger partial charge >= 0.3 is 0 Å². The third kappa shape index (κ3) is 5.36. The summed E-state index contributed by atoms with van der Waals surface area (Å²) in [6.07, 6.45) is 0. The third-order valence-electron chi connectivity index (χ3n) is 4.82. The van der Waals surface area contributed by atoms with Crippen LogP contribution in [0.1, 0.15) is 10.4 Å². The van der Waals surface area contributed by atoms with E-state index in [9.17, 15) is 18.8 Å². The van der Waals surface area contributed by atoms with Crippen molar-refractivity contribution in [2.75, 3.05) is 10.6 Å². The lowest BCUT2D eigenvalue weighted by Gasteiger charge is -2.12. The average Bonchev–Trinajstić information content (AvgIpc) is 2.85. The molecule has 0 fully saturated rings. The molecule has 2 amide bonds. The number of aromatic nitrogens is 2. The number of carbonyl (C=O) groups is 2. The van der Waals surface area contributed by atoms with Gasteiger partial charge in [-0.1, -0.05) is 60.1 Å². The van der Waals surface area contributed by atoms with Gasteiger partial charge in [-0.15, -0.1) is 0 Å². The second-order valence-electron chi connectivity index (χ2n) is 7.27. The highest BCUT2D eigenvalue weighted by atomic mass is 35.5. The number of carbonyl (C=O) groups excluding carboxylic acids is 2. The molecule has 9 heteroatoms. The molecule has 0 aliphatic carbocycles. The molecule has 1 heterocycles. The molecule has 0 aliphatic rings. The van der Waals surface area contributed by atoms with Crippen LogP contribution in [-0.2, 0) is 11.3 Å². The second kappa shape index (κ2) is 10.1. The average molecular weight is 477 g/mol. The first-order valence-electron chi connectivity index (χ1n) is 10.2. The number of rotatable bonds is 6. The molecule has 4 rings (SSSR count). The van der Waals surface area contributed by atoms with E-state index in [4.69, 9.17) is 11.6 Å². The molecule has 0 saturated carbocycles. The summed E-state index contributed by atoms with van der Waals surface area (Å²) >= 11 is 5.76. The largest absolute Gasteiger partial charge is 0.324 e. The number of hydrogen-bond donors (Lipinski definition) is 2. The highest BCUT2D eigenvalue weighted by Crippen LogP contribution is 2.20. The summed E-state index contributed by atoms with van der Waals surface area (Å²) < 4.78 is 14.3. The van der Waals surface area contributed by atoms with Gasteiger partial charge in [0.2, 0.25) is 5.91 Å². The van der Waals surface area contributed by atoms with Gasteiger partial charge in [0.15, 0.2) is 0 Å². The highest BCUT2D eigenvalue weighted by Gasteiger charge is 2.16. The maximum Gasteiger partial charge on any atom is 0.291 e. The minimum absolute atomic E-state index is 0.0275. The summed E-state index contributed by atoms with van der Waals surface area (Å²) in [4.78, 5) is 38.3. The summed E-state index contributed by atoms with van der Waals surface area (Å²) in [5.41, 5.74) is 1.04. The van der Waals surface area contributed by atoms with Crippen molar-refractivity contribution in [1.29, 1.82) is 0 Å². The van der Waals surface area contributed by atoms with E-state index in [0.29, 0.717) is 16.8 Å². The van der Waals surface area contributed by atoms with E-state index in [-0.39, 0.29) is 16.4 Å². The number of amides is 2. The molecule has 1 aromatic heterocycles. The smallest absolute Gasteiger partial charge is 0.291 e. The first-order chi connectivity index (χ1) is 16.4. The molecule has 0 saturated heterocycles. The normalized spacial score (nSPS) is 10.5. The van der Waals surface area contributed by atoms with Gasteiger partial charge in [0, 0.05) is 16.8 Å². The minimum atomic E-state index is -0.656. The first-order valence-corrected chi connectivity index (χ1v) is 10.6. The zero-order valence-electron chi connectivity index (χ0n) is 17.7. The number of hydrogen-bond acceptors (Lipinski definition) is 4. The summed E-state index contributed by atoms with van der Waals surface area (Å²) in [7, 11) is 0. The molecule has 170 valence electrons. The Morgan fingerprint density at radius 1 is 0.912 bits per heavy atom. The molecule has 0 aliphatic heterocycles. The predicted molar refractivity (Wildman–Crippen MR) is 128 cm³/mol. The standard InChI is InChI=1S/C25H18ClFN4O3/c26-19-13-18(11-12-20(19)27)28-23(32)15-31-25(34)22(29-24(33)17-9-5-2-6-10-17)14-21(30-31)16-7-3-1-4-8-16/h1-14H,15H2,(H,28,32)(H,29,33). The van der Waals surface area contributed by atoms with E-state index < -0.39 is 29.7 Å². The highest BCUT2D eigenvalue weighted by molar-refractivity contribution is 6.31. The van der Waals surface area contributed by atoms with Crippen LogP contribution >= 0.6 is 11.6 Å². The van der Waals surface area contributed by atoms with Gasteiger partial charge in [0.25, 0.3) is 11.5 Å². The number of anilines is 2.